The first-order valence-corrected chi connectivity index (χ1v) is 10.5. The molecule has 1 heterocycles. The van der Waals surface area contributed by atoms with E-state index in [9.17, 15) is 14.4 Å². The Morgan fingerprint density at radius 1 is 1.06 bits per heavy atom. The van der Waals surface area contributed by atoms with Gasteiger partial charge in [0.15, 0.2) is 0 Å². The minimum absolute atomic E-state index is 0.152. The molecule has 1 aliphatic rings. The van der Waals surface area contributed by atoms with Crippen LogP contribution in [0.3, 0.4) is 0 Å². The maximum Gasteiger partial charge on any atom is 0.323 e. The number of imide groups is 1. The first kappa shape index (κ1) is 21.0. The van der Waals surface area contributed by atoms with Crippen molar-refractivity contribution < 1.29 is 24.2 Å². The van der Waals surface area contributed by atoms with Gasteiger partial charge in [-0.05, 0) is 52.4 Å². The van der Waals surface area contributed by atoms with Crippen molar-refractivity contribution in [1.29, 1.82) is 0 Å². The molecular formula is C23H16ClNO5S. The fraction of sp³-hybridized carbons (Fsp3) is 0.0870. The van der Waals surface area contributed by atoms with Crippen LogP contribution in [0.25, 0.3) is 16.8 Å². The Morgan fingerprint density at radius 2 is 1.81 bits per heavy atom. The number of ether oxygens (including phenoxy) is 1. The first-order valence-electron chi connectivity index (χ1n) is 9.28. The topological polar surface area (TPSA) is 83.9 Å². The van der Waals surface area contributed by atoms with Gasteiger partial charge in [0.25, 0.3) is 11.1 Å². The van der Waals surface area contributed by atoms with Gasteiger partial charge in [0.2, 0.25) is 0 Å². The number of carbonyl (C=O) groups excluding carboxylic acids is 2. The van der Waals surface area contributed by atoms with Gasteiger partial charge in [-0.3, -0.25) is 19.3 Å². The predicted octanol–water partition coefficient (Wildman–Crippen LogP) is 5.19. The van der Waals surface area contributed by atoms with Gasteiger partial charge in [-0.1, -0.05) is 54.1 Å². The zero-order valence-corrected chi connectivity index (χ0v) is 17.7. The van der Waals surface area contributed by atoms with Crippen LogP contribution in [0.15, 0.2) is 65.6 Å². The quantitative estimate of drug-likeness (QED) is 0.517. The lowest BCUT2D eigenvalue weighted by molar-refractivity contribution is -0.140. The first-order chi connectivity index (χ1) is 14.9. The molecule has 0 saturated carbocycles. The van der Waals surface area contributed by atoms with Crippen molar-refractivity contribution in [2.75, 3.05) is 6.54 Å². The second-order valence-electron chi connectivity index (χ2n) is 6.78. The monoisotopic (exact) mass is 453 g/mol. The highest BCUT2D eigenvalue weighted by Crippen LogP contribution is 2.37. The number of hydrogen-bond donors (Lipinski definition) is 1. The minimum atomic E-state index is -1.25. The van der Waals surface area contributed by atoms with Crippen molar-refractivity contribution in [3.05, 3.63) is 81.7 Å². The molecule has 3 aromatic rings. The molecular weight excluding hydrogens is 438 g/mol. The summed E-state index contributed by atoms with van der Waals surface area (Å²) in [4.78, 5) is 36.6. The summed E-state index contributed by atoms with van der Waals surface area (Å²) in [7, 11) is 0. The molecule has 1 aliphatic heterocycles. The van der Waals surface area contributed by atoms with Gasteiger partial charge in [0.1, 0.15) is 18.9 Å². The molecule has 3 aromatic carbocycles. The molecule has 6 nitrogen and oxygen atoms in total. The van der Waals surface area contributed by atoms with E-state index in [0.717, 1.165) is 21.2 Å². The number of carboxylic acids is 1. The molecule has 4 rings (SSSR count). The highest BCUT2D eigenvalue weighted by atomic mass is 35.5. The molecule has 0 aliphatic carbocycles. The van der Waals surface area contributed by atoms with E-state index in [0.29, 0.717) is 28.1 Å². The molecule has 0 radical (unpaired) electrons. The fourth-order valence-corrected chi connectivity index (χ4v) is 4.14. The number of carbonyl (C=O) groups is 3. The number of hydrogen-bond acceptors (Lipinski definition) is 5. The van der Waals surface area contributed by atoms with Crippen molar-refractivity contribution >= 4 is 57.3 Å². The Bertz CT molecular complexity index is 1220. The van der Waals surface area contributed by atoms with Gasteiger partial charge >= 0.3 is 5.97 Å². The molecule has 0 bridgehead atoms. The van der Waals surface area contributed by atoms with Crippen molar-refractivity contribution in [2.45, 2.75) is 6.61 Å². The van der Waals surface area contributed by atoms with E-state index in [1.165, 1.54) is 0 Å². The number of rotatable bonds is 6. The summed E-state index contributed by atoms with van der Waals surface area (Å²) >= 11 is 6.65. The summed E-state index contributed by atoms with van der Waals surface area (Å²) in [5, 5.41) is 10.8. The average Bonchev–Trinajstić information content (AvgIpc) is 3.01. The lowest BCUT2D eigenvalue weighted by atomic mass is 10.0. The smallest absolute Gasteiger partial charge is 0.323 e. The summed E-state index contributed by atoms with van der Waals surface area (Å²) in [5.41, 5.74) is 1.57. The summed E-state index contributed by atoms with van der Waals surface area (Å²) < 4.78 is 6.03. The molecule has 0 aromatic heterocycles. The van der Waals surface area contributed by atoms with Crippen LogP contribution in [-0.4, -0.2) is 33.7 Å². The molecule has 2 amide bonds. The molecule has 1 fully saturated rings. The SMILES string of the molecule is O=C(O)CN1C(=O)S/C(=C/c2c(OCc3ccc(Cl)cc3)ccc3ccccc23)C1=O. The van der Waals surface area contributed by atoms with Crippen LogP contribution in [0, 0.1) is 0 Å². The van der Waals surface area contributed by atoms with Crippen LogP contribution in [0.1, 0.15) is 11.1 Å². The van der Waals surface area contributed by atoms with E-state index < -0.39 is 23.7 Å². The van der Waals surface area contributed by atoms with Gasteiger partial charge in [-0.15, -0.1) is 0 Å². The van der Waals surface area contributed by atoms with Crippen LogP contribution in [0.4, 0.5) is 4.79 Å². The summed E-state index contributed by atoms with van der Waals surface area (Å²) in [6.07, 6.45) is 1.59. The standard InChI is InChI=1S/C23H16ClNO5S/c24-16-8-5-14(6-9-16)13-30-19-10-7-15-3-1-2-4-17(15)18(19)11-20-22(28)25(12-21(26)27)23(29)31-20/h1-11H,12-13H2,(H,26,27)/b20-11+. The third-order valence-corrected chi connectivity index (χ3v) is 5.84. The van der Waals surface area contributed by atoms with Gasteiger partial charge < -0.3 is 9.84 Å². The molecule has 156 valence electrons. The second-order valence-corrected chi connectivity index (χ2v) is 8.20. The van der Waals surface area contributed by atoms with Crippen molar-refractivity contribution in [3.63, 3.8) is 0 Å². The van der Waals surface area contributed by atoms with Gasteiger partial charge in [-0.2, -0.15) is 0 Å². The molecule has 1 N–H and O–H groups in total. The second kappa shape index (κ2) is 8.83. The Morgan fingerprint density at radius 3 is 2.55 bits per heavy atom. The van der Waals surface area contributed by atoms with Crippen LogP contribution in [0.5, 0.6) is 5.75 Å². The van der Waals surface area contributed by atoms with E-state index in [1.807, 2.05) is 48.5 Å². The minimum Gasteiger partial charge on any atom is -0.488 e. The van der Waals surface area contributed by atoms with Crippen molar-refractivity contribution in [3.8, 4) is 5.75 Å². The Labute approximate surface area is 187 Å². The lowest BCUT2D eigenvalue weighted by Crippen LogP contribution is -2.33. The number of thioether (sulfide) groups is 1. The largest absolute Gasteiger partial charge is 0.488 e. The maximum absolute atomic E-state index is 12.6. The normalized spacial score (nSPS) is 15.1. The highest BCUT2D eigenvalue weighted by Gasteiger charge is 2.36. The highest BCUT2D eigenvalue weighted by molar-refractivity contribution is 8.18. The van der Waals surface area contributed by atoms with E-state index in [-0.39, 0.29) is 11.5 Å². The number of halogens is 1. The van der Waals surface area contributed by atoms with Crippen LogP contribution in [-0.2, 0) is 16.2 Å². The van der Waals surface area contributed by atoms with E-state index in [1.54, 1.807) is 18.2 Å². The zero-order valence-electron chi connectivity index (χ0n) is 16.1. The van der Waals surface area contributed by atoms with E-state index in [4.69, 9.17) is 21.4 Å². The number of benzene rings is 3. The lowest BCUT2D eigenvalue weighted by Gasteiger charge is -2.13. The fourth-order valence-electron chi connectivity index (χ4n) is 3.19. The maximum atomic E-state index is 12.6. The predicted molar refractivity (Wildman–Crippen MR) is 120 cm³/mol. The van der Waals surface area contributed by atoms with Crippen LogP contribution >= 0.6 is 23.4 Å². The van der Waals surface area contributed by atoms with Gasteiger partial charge in [0, 0.05) is 10.6 Å². The Hall–Kier alpha value is -3.29. The molecule has 1 saturated heterocycles. The number of nitrogens with zero attached hydrogens (tertiary/aromatic N) is 1. The van der Waals surface area contributed by atoms with E-state index in [2.05, 4.69) is 0 Å². The molecule has 0 spiro atoms. The molecule has 0 unspecified atom stereocenters. The molecule has 31 heavy (non-hydrogen) atoms. The number of amides is 2. The molecule has 0 atom stereocenters. The number of aliphatic carboxylic acids is 1. The summed E-state index contributed by atoms with van der Waals surface area (Å²) in [6, 6.07) is 18.6. The third-order valence-electron chi connectivity index (χ3n) is 4.68. The van der Waals surface area contributed by atoms with Crippen LogP contribution in [0.2, 0.25) is 5.02 Å². The van der Waals surface area contributed by atoms with Gasteiger partial charge in [0.05, 0.1) is 4.91 Å². The van der Waals surface area contributed by atoms with Crippen molar-refractivity contribution in [2.24, 2.45) is 0 Å². The summed E-state index contributed by atoms with van der Waals surface area (Å²) in [5.74, 6) is -1.34. The zero-order chi connectivity index (χ0) is 22.0. The van der Waals surface area contributed by atoms with Gasteiger partial charge in [-0.25, -0.2) is 0 Å². The Balaban J connectivity index is 1.71. The third kappa shape index (κ3) is 4.57. The van der Waals surface area contributed by atoms with Crippen LogP contribution < -0.4 is 4.74 Å². The Kier molecular flexibility index (Phi) is 5.97. The van der Waals surface area contributed by atoms with Crippen molar-refractivity contribution in [1.82, 2.24) is 4.90 Å². The van der Waals surface area contributed by atoms with E-state index >= 15 is 0 Å². The summed E-state index contributed by atoms with van der Waals surface area (Å²) in [6.45, 7) is -0.381. The number of carboxylic acid groups (broad SMARTS) is 1. The average molecular weight is 454 g/mol. The number of fused-ring (bicyclic) bond motifs is 1. The molecule has 8 heteroatoms.